The SMILES string of the molecule is CN(C)c1ccccc1N(C)CC(O)COc1ccc(C#N)cc1. The molecule has 0 aliphatic heterocycles. The smallest absolute Gasteiger partial charge is 0.119 e. The van der Waals surface area contributed by atoms with Crippen molar-refractivity contribution >= 4 is 11.4 Å². The van der Waals surface area contributed by atoms with Gasteiger partial charge in [-0.2, -0.15) is 5.26 Å². The number of aliphatic hydroxyl groups excluding tert-OH is 1. The molecule has 0 aliphatic carbocycles. The van der Waals surface area contributed by atoms with Crippen LogP contribution in [0.1, 0.15) is 5.56 Å². The Hall–Kier alpha value is -2.71. The molecule has 0 spiro atoms. The van der Waals surface area contributed by atoms with Crippen LogP contribution >= 0.6 is 0 Å². The number of hydrogen-bond donors (Lipinski definition) is 1. The van der Waals surface area contributed by atoms with Gasteiger partial charge in [0.25, 0.3) is 0 Å². The fourth-order valence-electron chi connectivity index (χ4n) is 2.45. The summed E-state index contributed by atoms with van der Waals surface area (Å²) in [5.74, 6) is 0.643. The fourth-order valence-corrected chi connectivity index (χ4v) is 2.45. The molecule has 126 valence electrons. The molecule has 2 aromatic rings. The number of hydrogen-bond acceptors (Lipinski definition) is 5. The second-order valence-electron chi connectivity index (χ2n) is 5.86. The third-order valence-electron chi connectivity index (χ3n) is 3.69. The molecule has 5 heteroatoms. The lowest BCUT2D eigenvalue weighted by molar-refractivity contribution is 0.113. The highest BCUT2D eigenvalue weighted by Gasteiger charge is 2.13. The van der Waals surface area contributed by atoms with Crippen LogP contribution in [0.2, 0.25) is 0 Å². The van der Waals surface area contributed by atoms with E-state index in [0.29, 0.717) is 17.9 Å². The van der Waals surface area contributed by atoms with Crippen molar-refractivity contribution in [1.82, 2.24) is 0 Å². The van der Waals surface area contributed by atoms with Crippen molar-refractivity contribution in [1.29, 1.82) is 5.26 Å². The van der Waals surface area contributed by atoms with Gasteiger partial charge in [0.15, 0.2) is 0 Å². The minimum Gasteiger partial charge on any atom is -0.491 e. The Bertz CT molecular complexity index is 693. The van der Waals surface area contributed by atoms with Crippen LogP contribution in [0.25, 0.3) is 0 Å². The summed E-state index contributed by atoms with van der Waals surface area (Å²) in [5.41, 5.74) is 2.74. The first-order valence-corrected chi connectivity index (χ1v) is 7.79. The van der Waals surface area contributed by atoms with Gasteiger partial charge in [0.1, 0.15) is 18.5 Å². The van der Waals surface area contributed by atoms with E-state index in [-0.39, 0.29) is 6.61 Å². The van der Waals surface area contributed by atoms with E-state index in [1.54, 1.807) is 24.3 Å². The summed E-state index contributed by atoms with van der Waals surface area (Å²) in [4.78, 5) is 4.06. The van der Waals surface area contributed by atoms with Crippen molar-refractivity contribution in [2.45, 2.75) is 6.10 Å². The van der Waals surface area contributed by atoms with Gasteiger partial charge in [0.2, 0.25) is 0 Å². The quantitative estimate of drug-likeness (QED) is 0.847. The Morgan fingerprint density at radius 2 is 1.67 bits per heavy atom. The van der Waals surface area contributed by atoms with Crippen LogP contribution in [0.4, 0.5) is 11.4 Å². The first-order chi connectivity index (χ1) is 11.5. The zero-order valence-electron chi connectivity index (χ0n) is 14.3. The number of likely N-dealkylation sites (N-methyl/N-ethyl adjacent to an activating group) is 1. The van der Waals surface area contributed by atoms with E-state index in [1.165, 1.54) is 0 Å². The molecule has 2 rings (SSSR count). The maximum absolute atomic E-state index is 10.2. The van der Waals surface area contributed by atoms with Crippen LogP contribution in [0.5, 0.6) is 5.75 Å². The monoisotopic (exact) mass is 325 g/mol. The number of rotatable bonds is 7. The predicted molar refractivity (Wildman–Crippen MR) is 96.7 cm³/mol. The molecule has 0 amide bonds. The maximum atomic E-state index is 10.2. The first-order valence-electron chi connectivity index (χ1n) is 7.79. The molecule has 0 heterocycles. The van der Waals surface area contributed by atoms with E-state index in [2.05, 4.69) is 6.07 Å². The van der Waals surface area contributed by atoms with Crippen molar-refractivity contribution in [2.24, 2.45) is 0 Å². The summed E-state index contributed by atoms with van der Waals surface area (Å²) >= 11 is 0. The molecule has 1 unspecified atom stereocenters. The molecular formula is C19H23N3O2. The molecule has 0 fully saturated rings. The number of nitrogens with zero attached hydrogens (tertiary/aromatic N) is 3. The lowest BCUT2D eigenvalue weighted by Crippen LogP contribution is -2.33. The number of ether oxygens (including phenoxy) is 1. The summed E-state index contributed by atoms with van der Waals surface area (Å²) in [7, 11) is 5.95. The molecule has 5 nitrogen and oxygen atoms in total. The standard InChI is InChI=1S/C19H23N3O2/c1-21(2)18-6-4-5-7-19(18)22(3)13-16(23)14-24-17-10-8-15(12-20)9-11-17/h4-11,16,23H,13-14H2,1-3H3. The van der Waals surface area contributed by atoms with E-state index in [1.807, 2.05) is 55.2 Å². The number of aliphatic hydroxyl groups is 1. The summed E-state index contributed by atoms with van der Waals surface area (Å²) in [6.45, 7) is 0.654. The Morgan fingerprint density at radius 3 is 2.25 bits per heavy atom. The Labute approximate surface area is 143 Å². The van der Waals surface area contributed by atoms with E-state index < -0.39 is 6.10 Å². The first kappa shape index (κ1) is 17.6. The summed E-state index contributed by atoms with van der Waals surface area (Å²) < 4.78 is 5.59. The van der Waals surface area contributed by atoms with Crippen LogP contribution in [0.15, 0.2) is 48.5 Å². The van der Waals surface area contributed by atoms with Crippen molar-refractivity contribution in [3.63, 3.8) is 0 Å². The van der Waals surface area contributed by atoms with Crippen LogP contribution in [0, 0.1) is 11.3 Å². The molecule has 2 aromatic carbocycles. The molecule has 0 radical (unpaired) electrons. The van der Waals surface area contributed by atoms with Gasteiger partial charge in [0, 0.05) is 27.7 Å². The third-order valence-corrected chi connectivity index (χ3v) is 3.69. The second kappa shape index (κ2) is 8.23. The normalized spacial score (nSPS) is 11.5. The number of para-hydroxylation sites is 2. The Balaban J connectivity index is 1.92. The molecule has 0 aliphatic rings. The van der Waals surface area contributed by atoms with E-state index >= 15 is 0 Å². The zero-order valence-corrected chi connectivity index (χ0v) is 14.3. The fraction of sp³-hybridized carbons (Fsp3) is 0.316. The molecule has 0 saturated carbocycles. The Morgan fingerprint density at radius 1 is 1.04 bits per heavy atom. The lowest BCUT2D eigenvalue weighted by atomic mass is 10.2. The molecule has 0 saturated heterocycles. The topological polar surface area (TPSA) is 59.7 Å². The van der Waals surface area contributed by atoms with Crippen LogP contribution in [0.3, 0.4) is 0 Å². The summed E-state index contributed by atoms with van der Waals surface area (Å²) in [5, 5.41) is 19.0. The van der Waals surface area contributed by atoms with Gasteiger partial charge in [-0.05, 0) is 36.4 Å². The van der Waals surface area contributed by atoms with Crippen molar-refractivity contribution in [3.8, 4) is 11.8 Å². The minimum atomic E-state index is -0.624. The van der Waals surface area contributed by atoms with Gasteiger partial charge in [-0.25, -0.2) is 0 Å². The highest BCUT2D eigenvalue weighted by Crippen LogP contribution is 2.26. The molecular weight excluding hydrogens is 302 g/mol. The van der Waals surface area contributed by atoms with Gasteiger partial charge in [-0.15, -0.1) is 0 Å². The lowest BCUT2D eigenvalue weighted by Gasteiger charge is -2.27. The predicted octanol–water partition coefficient (Wildman–Crippen LogP) is 2.50. The van der Waals surface area contributed by atoms with Crippen molar-refractivity contribution in [2.75, 3.05) is 44.1 Å². The highest BCUT2D eigenvalue weighted by atomic mass is 16.5. The maximum Gasteiger partial charge on any atom is 0.119 e. The summed E-state index contributed by atoms with van der Waals surface area (Å²) in [6.07, 6.45) is -0.624. The van der Waals surface area contributed by atoms with Gasteiger partial charge in [0.05, 0.1) is 23.0 Å². The zero-order chi connectivity index (χ0) is 17.5. The van der Waals surface area contributed by atoms with E-state index in [9.17, 15) is 5.11 Å². The molecule has 1 N–H and O–H groups in total. The number of anilines is 2. The largest absolute Gasteiger partial charge is 0.491 e. The van der Waals surface area contributed by atoms with Crippen LogP contribution in [-0.2, 0) is 0 Å². The number of benzene rings is 2. The van der Waals surface area contributed by atoms with Crippen LogP contribution in [-0.4, -0.2) is 45.5 Å². The molecule has 0 bridgehead atoms. The second-order valence-corrected chi connectivity index (χ2v) is 5.86. The van der Waals surface area contributed by atoms with Gasteiger partial charge < -0.3 is 19.6 Å². The van der Waals surface area contributed by atoms with Gasteiger partial charge in [-0.1, -0.05) is 12.1 Å². The van der Waals surface area contributed by atoms with E-state index in [0.717, 1.165) is 11.4 Å². The Kier molecular flexibility index (Phi) is 6.05. The third kappa shape index (κ3) is 4.64. The summed E-state index contributed by atoms with van der Waals surface area (Å²) in [6, 6.07) is 17.0. The van der Waals surface area contributed by atoms with Crippen molar-refractivity contribution in [3.05, 3.63) is 54.1 Å². The molecule has 1 atom stereocenters. The highest BCUT2D eigenvalue weighted by molar-refractivity contribution is 5.70. The molecule has 24 heavy (non-hydrogen) atoms. The molecule has 0 aromatic heterocycles. The number of nitriles is 1. The van der Waals surface area contributed by atoms with Gasteiger partial charge in [-0.3, -0.25) is 0 Å². The van der Waals surface area contributed by atoms with E-state index in [4.69, 9.17) is 10.00 Å². The average Bonchev–Trinajstić information content (AvgIpc) is 2.60. The van der Waals surface area contributed by atoms with Crippen molar-refractivity contribution < 1.29 is 9.84 Å². The minimum absolute atomic E-state index is 0.195. The average molecular weight is 325 g/mol. The van der Waals surface area contributed by atoms with Crippen LogP contribution < -0.4 is 14.5 Å². The van der Waals surface area contributed by atoms with Gasteiger partial charge >= 0.3 is 0 Å².